The molecule has 1 unspecified atom stereocenters. The number of hydrogen-bond acceptors (Lipinski definition) is 4. The van der Waals surface area contributed by atoms with Crippen molar-refractivity contribution in [3.63, 3.8) is 0 Å². The summed E-state index contributed by atoms with van der Waals surface area (Å²) in [5, 5.41) is 2.78. The predicted molar refractivity (Wildman–Crippen MR) is 104 cm³/mol. The van der Waals surface area contributed by atoms with Crippen LogP contribution in [0.2, 0.25) is 0 Å². The molecule has 2 aromatic carbocycles. The van der Waals surface area contributed by atoms with E-state index in [1.807, 2.05) is 25.1 Å². The first-order valence-corrected chi connectivity index (χ1v) is 8.68. The molecule has 3 rings (SSSR count). The van der Waals surface area contributed by atoms with Gasteiger partial charge >= 0.3 is 0 Å². The summed E-state index contributed by atoms with van der Waals surface area (Å²) in [6.45, 7) is 7.78. The minimum atomic E-state index is -0.593. The number of carbonyl (C=O) groups is 2. The molecule has 0 fully saturated rings. The maximum Gasteiger partial charge on any atom is 0.268 e. The lowest BCUT2D eigenvalue weighted by atomic mass is 10.1. The molecule has 1 aliphatic rings. The third-order valence-electron chi connectivity index (χ3n) is 3.99. The van der Waals surface area contributed by atoms with Crippen LogP contribution < -0.4 is 19.7 Å². The van der Waals surface area contributed by atoms with Gasteiger partial charge in [0.15, 0.2) is 12.7 Å². The fourth-order valence-corrected chi connectivity index (χ4v) is 2.78. The number of anilines is 2. The smallest absolute Gasteiger partial charge is 0.268 e. The summed E-state index contributed by atoms with van der Waals surface area (Å²) >= 11 is 0. The van der Waals surface area contributed by atoms with Crippen LogP contribution in [0.15, 0.2) is 60.7 Å². The van der Waals surface area contributed by atoms with Crippen LogP contribution in [0, 0.1) is 0 Å². The van der Waals surface area contributed by atoms with Crippen molar-refractivity contribution in [1.29, 1.82) is 0 Å². The predicted octanol–water partition coefficient (Wildman–Crippen LogP) is 3.39. The maximum absolute atomic E-state index is 12.4. The van der Waals surface area contributed by atoms with Crippen LogP contribution in [0.4, 0.5) is 11.4 Å². The molecule has 0 saturated carbocycles. The Morgan fingerprint density at radius 3 is 2.70 bits per heavy atom. The van der Waals surface area contributed by atoms with E-state index in [4.69, 9.17) is 9.47 Å². The van der Waals surface area contributed by atoms with Gasteiger partial charge in [-0.25, -0.2) is 0 Å². The number of amides is 2. The molecular formula is C21H22N2O4. The van der Waals surface area contributed by atoms with Crippen LogP contribution in [-0.2, 0) is 9.59 Å². The second-order valence-corrected chi connectivity index (χ2v) is 6.47. The molecule has 6 heteroatoms. The maximum atomic E-state index is 12.4. The first kappa shape index (κ1) is 18.5. The Morgan fingerprint density at radius 2 is 2.00 bits per heavy atom. The van der Waals surface area contributed by atoms with Crippen molar-refractivity contribution in [2.45, 2.75) is 20.0 Å². The SMILES string of the molecule is C=C(C)CN1C(=O)C(C)Oc2cc(NC(=O)COc3ccccc3)ccc21. The Hall–Kier alpha value is -3.28. The Morgan fingerprint density at radius 1 is 1.26 bits per heavy atom. The van der Waals surface area contributed by atoms with E-state index in [9.17, 15) is 9.59 Å². The molecule has 1 N–H and O–H groups in total. The number of fused-ring (bicyclic) bond motifs is 1. The van der Waals surface area contributed by atoms with Gasteiger partial charge in [-0.15, -0.1) is 0 Å². The van der Waals surface area contributed by atoms with Crippen LogP contribution in [-0.4, -0.2) is 31.1 Å². The number of hydrogen-bond donors (Lipinski definition) is 1. The van der Waals surface area contributed by atoms with Crippen molar-refractivity contribution in [3.8, 4) is 11.5 Å². The van der Waals surface area contributed by atoms with Gasteiger partial charge in [0.05, 0.1) is 5.69 Å². The van der Waals surface area contributed by atoms with E-state index in [0.717, 1.165) is 5.57 Å². The van der Waals surface area contributed by atoms with Crippen LogP contribution in [0.3, 0.4) is 0 Å². The Kier molecular flexibility index (Phi) is 5.45. The van der Waals surface area contributed by atoms with Gasteiger partial charge in [-0.1, -0.05) is 30.4 Å². The number of rotatable bonds is 6. The molecule has 0 saturated heterocycles. The van der Waals surface area contributed by atoms with Crippen molar-refractivity contribution in [2.24, 2.45) is 0 Å². The zero-order chi connectivity index (χ0) is 19.4. The van der Waals surface area contributed by atoms with Crippen molar-refractivity contribution in [3.05, 3.63) is 60.7 Å². The molecule has 0 aliphatic carbocycles. The van der Waals surface area contributed by atoms with Crippen molar-refractivity contribution >= 4 is 23.2 Å². The average Bonchev–Trinajstić information content (AvgIpc) is 2.64. The van der Waals surface area contributed by atoms with Crippen LogP contribution in [0.1, 0.15) is 13.8 Å². The van der Waals surface area contributed by atoms with Crippen molar-refractivity contribution in [1.82, 2.24) is 0 Å². The van der Waals surface area contributed by atoms with Gasteiger partial charge < -0.3 is 19.7 Å². The second kappa shape index (κ2) is 7.95. The zero-order valence-corrected chi connectivity index (χ0v) is 15.4. The highest BCUT2D eigenvalue weighted by molar-refractivity contribution is 6.01. The second-order valence-electron chi connectivity index (χ2n) is 6.47. The van der Waals surface area contributed by atoms with Crippen molar-refractivity contribution < 1.29 is 19.1 Å². The van der Waals surface area contributed by atoms with Gasteiger partial charge in [0.25, 0.3) is 11.8 Å². The van der Waals surface area contributed by atoms with E-state index in [1.54, 1.807) is 42.2 Å². The van der Waals surface area contributed by atoms with Crippen molar-refractivity contribution in [2.75, 3.05) is 23.4 Å². The summed E-state index contributed by atoms with van der Waals surface area (Å²) in [7, 11) is 0. The van der Waals surface area contributed by atoms with E-state index in [1.165, 1.54) is 0 Å². The highest BCUT2D eigenvalue weighted by Gasteiger charge is 2.31. The molecule has 2 amide bonds. The molecule has 0 spiro atoms. The molecular weight excluding hydrogens is 344 g/mol. The number of carbonyl (C=O) groups excluding carboxylic acids is 2. The average molecular weight is 366 g/mol. The topological polar surface area (TPSA) is 67.9 Å². The molecule has 6 nitrogen and oxygen atoms in total. The minimum Gasteiger partial charge on any atom is -0.484 e. The summed E-state index contributed by atoms with van der Waals surface area (Å²) in [5.41, 5.74) is 2.12. The number of benzene rings is 2. The fraction of sp³-hybridized carbons (Fsp3) is 0.238. The summed E-state index contributed by atoms with van der Waals surface area (Å²) in [5.74, 6) is 0.783. The Bertz CT molecular complexity index is 864. The monoisotopic (exact) mass is 366 g/mol. The summed E-state index contributed by atoms with van der Waals surface area (Å²) < 4.78 is 11.1. The summed E-state index contributed by atoms with van der Waals surface area (Å²) in [4.78, 5) is 26.2. The lowest BCUT2D eigenvalue weighted by molar-refractivity contribution is -0.125. The number of ether oxygens (including phenoxy) is 2. The van der Waals surface area contributed by atoms with Gasteiger partial charge in [-0.3, -0.25) is 9.59 Å². The number of nitrogens with zero attached hydrogens (tertiary/aromatic N) is 1. The van der Waals surface area contributed by atoms with E-state index >= 15 is 0 Å². The lowest BCUT2D eigenvalue weighted by Gasteiger charge is -2.33. The van der Waals surface area contributed by atoms with Gasteiger partial charge in [0.1, 0.15) is 11.5 Å². The molecule has 1 atom stereocenters. The molecule has 0 bridgehead atoms. The normalized spacial score (nSPS) is 15.6. The molecule has 140 valence electrons. The molecule has 0 radical (unpaired) electrons. The van der Waals surface area contributed by atoms with Gasteiger partial charge in [0, 0.05) is 18.3 Å². The first-order valence-electron chi connectivity index (χ1n) is 8.68. The standard InChI is InChI=1S/C21H22N2O4/c1-14(2)12-23-18-10-9-16(11-19(18)27-15(3)21(23)25)22-20(24)13-26-17-7-5-4-6-8-17/h4-11,15H,1,12-13H2,2-3H3,(H,22,24). The molecule has 27 heavy (non-hydrogen) atoms. The summed E-state index contributed by atoms with van der Waals surface area (Å²) in [6.07, 6.45) is -0.593. The molecule has 1 heterocycles. The molecule has 2 aromatic rings. The molecule has 0 aromatic heterocycles. The van der Waals surface area contributed by atoms with Crippen LogP contribution in [0.25, 0.3) is 0 Å². The van der Waals surface area contributed by atoms with E-state index in [2.05, 4.69) is 11.9 Å². The van der Waals surface area contributed by atoms with Gasteiger partial charge in [-0.05, 0) is 38.1 Å². The van der Waals surface area contributed by atoms with Gasteiger partial charge in [0.2, 0.25) is 0 Å². The number of nitrogens with one attached hydrogen (secondary N) is 1. The minimum absolute atomic E-state index is 0.0986. The summed E-state index contributed by atoms with van der Waals surface area (Å²) in [6, 6.07) is 14.3. The van der Waals surface area contributed by atoms with Gasteiger partial charge in [-0.2, -0.15) is 0 Å². The highest BCUT2D eigenvalue weighted by atomic mass is 16.5. The van der Waals surface area contributed by atoms with Crippen LogP contribution >= 0.6 is 0 Å². The fourth-order valence-electron chi connectivity index (χ4n) is 2.78. The van der Waals surface area contributed by atoms with E-state index in [0.29, 0.717) is 29.4 Å². The number of para-hydroxylation sites is 1. The third-order valence-corrected chi connectivity index (χ3v) is 3.99. The first-order chi connectivity index (χ1) is 12.9. The van der Waals surface area contributed by atoms with E-state index in [-0.39, 0.29) is 18.4 Å². The van der Waals surface area contributed by atoms with E-state index < -0.39 is 6.10 Å². The quantitative estimate of drug-likeness (QED) is 0.796. The lowest BCUT2D eigenvalue weighted by Crippen LogP contribution is -2.45. The zero-order valence-electron chi connectivity index (χ0n) is 15.4. The largest absolute Gasteiger partial charge is 0.484 e. The van der Waals surface area contributed by atoms with Crippen LogP contribution in [0.5, 0.6) is 11.5 Å². The Balaban J connectivity index is 1.70. The third kappa shape index (κ3) is 4.47. The highest BCUT2D eigenvalue weighted by Crippen LogP contribution is 2.36. The Labute approximate surface area is 158 Å². The molecule has 1 aliphatic heterocycles.